The van der Waals surface area contributed by atoms with Crippen molar-refractivity contribution in [3.8, 4) is 0 Å². The maximum absolute atomic E-state index is 13.1. The molecule has 0 saturated carbocycles. The van der Waals surface area contributed by atoms with Crippen LogP contribution in [0.15, 0.2) is 77.5 Å². The molecule has 2 atom stereocenters. The van der Waals surface area contributed by atoms with E-state index in [-0.39, 0.29) is 23.8 Å². The van der Waals surface area contributed by atoms with Crippen LogP contribution < -0.4 is 5.32 Å². The van der Waals surface area contributed by atoms with Crippen molar-refractivity contribution in [2.24, 2.45) is 5.92 Å². The Labute approximate surface area is 169 Å². The summed E-state index contributed by atoms with van der Waals surface area (Å²) in [6, 6.07) is 18.5. The minimum absolute atomic E-state index is 0.0681. The second-order valence-corrected chi connectivity index (χ2v) is 7.17. The first kappa shape index (κ1) is 18.9. The molecule has 1 saturated heterocycles. The number of amides is 2. The van der Waals surface area contributed by atoms with Gasteiger partial charge < -0.3 is 14.6 Å². The van der Waals surface area contributed by atoms with Crippen LogP contribution in [0.1, 0.15) is 40.7 Å². The van der Waals surface area contributed by atoms with Gasteiger partial charge in [0.1, 0.15) is 0 Å². The van der Waals surface area contributed by atoms with Crippen LogP contribution in [0.4, 0.5) is 0 Å². The molecule has 1 aliphatic rings. The van der Waals surface area contributed by atoms with Crippen molar-refractivity contribution >= 4 is 11.8 Å². The van der Waals surface area contributed by atoms with Gasteiger partial charge in [0, 0.05) is 19.3 Å². The smallest absolute Gasteiger partial charge is 0.289 e. The van der Waals surface area contributed by atoms with E-state index < -0.39 is 0 Å². The van der Waals surface area contributed by atoms with E-state index in [0.29, 0.717) is 18.8 Å². The van der Waals surface area contributed by atoms with E-state index in [0.717, 1.165) is 24.1 Å². The summed E-state index contributed by atoms with van der Waals surface area (Å²) in [5.41, 5.74) is 1.75. The first-order valence-corrected chi connectivity index (χ1v) is 9.81. The van der Waals surface area contributed by atoms with Crippen LogP contribution in [0.2, 0.25) is 0 Å². The van der Waals surface area contributed by atoms with Crippen molar-refractivity contribution < 1.29 is 14.0 Å². The van der Waals surface area contributed by atoms with E-state index in [1.54, 1.807) is 23.2 Å². The molecule has 1 N–H and O–H groups in total. The van der Waals surface area contributed by atoms with E-state index in [4.69, 9.17) is 4.42 Å². The van der Waals surface area contributed by atoms with Crippen molar-refractivity contribution in [1.29, 1.82) is 0 Å². The number of nitrogens with zero attached hydrogens (tertiary/aromatic N) is 2. The molecule has 3 heterocycles. The lowest BCUT2D eigenvalue weighted by atomic mass is 9.95. The van der Waals surface area contributed by atoms with Crippen LogP contribution in [-0.2, 0) is 4.79 Å². The van der Waals surface area contributed by atoms with E-state index in [9.17, 15) is 9.59 Å². The second-order valence-electron chi connectivity index (χ2n) is 7.17. The maximum atomic E-state index is 13.1. The van der Waals surface area contributed by atoms with Gasteiger partial charge in [-0.15, -0.1) is 0 Å². The minimum Gasteiger partial charge on any atom is -0.459 e. The number of rotatable bonds is 5. The molecule has 1 aliphatic heterocycles. The molecule has 3 aromatic rings. The molecule has 2 aromatic heterocycles. The number of nitrogens with one attached hydrogen (secondary N) is 1. The molecule has 4 rings (SSSR count). The average Bonchev–Trinajstić information content (AvgIpc) is 3.33. The highest BCUT2D eigenvalue weighted by Crippen LogP contribution is 2.24. The molecule has 2 unspecified atom stereocenters. The molecule has 6 heteroatoms. The number of hydrogen-bond donors (Lipinski definition) is 1. The summed E-state index contributed by atoms with van der Waals surface area (Å²) in [6.45, 7) is 1.01. The van der Waals surface area contributed by atoms with Gasteiger partial charge in [-0.25, -0.2) is 0 Å². The van der Waals surface area contributed by atoms with Crippen LogP contribution in [-0.4, -0.2) is 34.8 Å². The molecule has 1 aromatic carbocycles. The Balaban J connectivity index is 1.49. The average molecular weight is 389 g/mol. The molecule has 29 heavy (non-hydrogen) atoms. The van der Waals surface area contributed by atoms with Crippen molar-refractivity contribution in [2.75, 3.05) is 13.1 Å². The Kier molecular flexibility index (Phi) is 5.70. The third kappa shape index (κ3) is 4.37. The summed E-state index contributed by atoms with van der Waals surface area (Å²) in [4.78, 5) is 31.8. The molecule has 1 fully saturated rings. The van der Waals surface area contributed by atoms with Crippen molar-refractivity contribution in [2.45, 2.75) is 18.9 Å². The Morgan fingerprint density at radius 2 is 1.90 bits per heavy atom. The second kappa shape index (κ2) is 8.73. The zero-order valence-corrected chi connectivity index (χ0v) is 16.0. The van der Waals surface area contributed by atoms with Gasteiger partial charge in [0.25, 0.3) is 5.91 Å². The SMILES string of the molecule is O=C(NC(c1ccccc1)c1ccccn1)C1CCCN(C(=O)c2ccco2)C1. The zero-order chi connectivity index (χ0) is 20.1. The van der Waals surface area contributed by atoms with E-state index >= 15 is 0 Å². The summed E-state index contributed by atoms with van der Waals surface area (Å²) < 4.78 is 5.22. The Bertz CT molecular complexity index is 903. The first-order chi connectivity index (χ1) is 14.2. The third-order valence-electron chi connectivity index (χ3n) is 5.21. The molecule has 148 valence electrons. The van der Waals surface area contributed by atoms with Gasteiger partial charge in [0.2, 0.25) is 5.91 Å². The van der Waals surface area contributed by atoms with Crippen molar-refractivity contribution in [3.63, 3.8) is 0 Å². The fourth-order valence-corrected chi connectivity index (χ4v) is 3.71. The van der Waals surface area contributed by atoms with Gasteiger partial charge in [0.05, 0.1) is 23.9 Å². The molecule has 0 bridgehead atoms. The van der Waals surface area contributed by atoms with E-state index in [1.165, 1.54) is 6.26 Å². The molecular formula is C23H23N3O3. The molecule has 0 radical (unpaired) electrons. The maximum Gasteiger partial charge on any atom is 0.289 e. The number of aromatic nitrogens is 1. The number of carbonyl (C=O) groups is 2. The van der Waals surface area contributed by atoms with Gasteiger partial charge in [-0.2, -0.15) is 0 Å². The number of pyridine rings is 1. The summed E-state index contributed by atoms with van der Waals surface area (Å²) >= 11 is 0. The van der Waals surface area contributed by atoms with Gasteiger partial charge in [-0.1, -0.05) is 36.4 Å². The molecule has 6 nitrogen and oxygen atoms in total. The Hall–Kier alpha value is -3.41. The Morgan fingerprint density at radius 3 is 2.62 bits per heavy atom. The third-order valence-corrected chi connectivity index (χ3v) is 5.21. The molecule has 0 aliphatic carbocycles. The van der Waals surface area contributed by atoms with Crippen molar-refractivity contribution in [1.82, 2.24) is 15.2 Å². The number of hydrogen-bond acceptors (Lipinski definition) is 4. The number of carbonyl (C=O) groups excluding carboxylic acids is 2. The molecule has 0 spiro atoms. The van der Waals surface area contributed by atoms with Crippen LogP contribution >= 0.6 is 0 Å². The highest BCUT2D eigenvalue weighted by molar-refractivity contribution is 5.92. The lowest BCUT2D eigenvalue weighted by Gasteiger charge is -2.32. The summed E-state index contributed by atoms with van der Waals surface area (Å²) in [6.07, 6.45) is 4.74. The van der Waals surface area contributed by atoms with Gasteiger partial charge in [-0.3, -0.25) is 14.6 Å². The van der Waals surface area contributed by atoms with E-state index in [2.05, 4.69) is 10.3 Å². The van der Waals surface area contributed by atoms with Crippen molar-refractivity contribution in [3.05, 3.63) is 90.1 Å². The standard InChI is InChI=1S/C23H23N3O3/c27-22(18-10-6-14-26(16-18)23(28)20-12-7-15-29-20)25-21(17-8-2-1-3-9-17)19-11-4-5-13-24-19/h1-5,7-9,11-13,15,18,21H,6,10,14,16H2,(H,25,27). The highest BCUT2D eigenvalue weighted by atomic mass is 16.3. The van der Waals surface area contributed by atoms with Crippen LogP contribution in [0.3, 0.4) is 0 Å². The van der Waals surface area contributed by atoms with Gasteiger partial charge in [-0.05, 0) is 42.7 Å². The zero-order valence-electron chi connectivity index (χ0n) is 16.0. The summed E-state index contributed by atoms with van der Waals surface area (Å²) in [5.74, 6) is -0.197. The highest BCUT2D eigenvalue weighted by Gasteiger charge is 2.31. The Morgan fingerprint density at radius 1 is 1.07 bits per heavy atom. The summed E-state index contributed by atoms with van der Waals surface area (Å²) in [5, 5.41) is 3.15. The topological polar surface area (TPSA) is 75.4 Å². The lowest BCUT2D eigenvalue weighted by Crippen LogP contribution is -2.46. The largest absolute Gasteiger partial charge is 0.459 e. The number of piperidine rings is 1. The fraction of sp³-hybridized carbons (Fsp3) is 0.261. The van der Waals surface area contributed by atoms with Gasteiger partial charge >= 0.3 is 0 Å². The van der Waals surface area contributed by atoms with E-state index in [1.807, 2.05) is 48.5 Å². The molecular weight excluding hydrogens is 366 g/mol. The first-order valence-electron chi connectivity index (χ1n) is 9.81. The van der Waals surface area contributed by atoms with Crippen LogP contribution in [0.25, 0.3) is 0 Å². The number of benzene rings is 1. The predicted octanol–water partition coefficient (Wildman–Crippen LogP) is 3.43. The molecule has 2 amide bonds. The number of likely N-dealkylation sites (tertiary alicyclic amines) is 1. The monoisotopic (exact) mass is 389 g/mol. The predicted molar refractivity (Wildman–Crippen MR) is 108 cm³/mol. The lowest BCUT2D eigenvalue weighted by molar-refractivity contribution is -0.126. The summed E-state index contributed by atoms with van der Waals surface area (Å²) in [7, 11) is 0. The van der Waals surface area contributed by atoms with Crippen LogP contribution in [0.5, 0.6) is 0 Å². The fourth-order valence-electron chi connectivity index (χ4n) is 3.71. The minimum atomic E-state index is -0.332. The normalized spacial score (nSPS) is 17.5. The number of furan rings is 1. The quantitative estimate of drug-likeness (QED) is 0.725. The van der Waals surface area contributed by atoms with Crippen LogP contribution in [0, 0.1) is 5.92 Å². The van der Waals surface area contributed by atoms with Gasteiger partial charge in [0.15, 0.2) is 5.76 Å².